The van der Waals surface area contributed by atoms with Crippen LogP contribution in [0.2, 0.25) is 0 Å². The molecule has 0 unspecified atom stereocenters. The van der Waals surface area contributed by atoms with E-state index in [2.05, 4.69) is 68.2 Å². The number of hydrogen-bond donors (Lipinski definition) is 0. The van der Waals surface area contributed by atoms with Crippen molar-refractivity contribution in [2.45, 2.75) is 96.8 Å². The molecule has 1 aliphatic carbocycles. The van der Waals surface area contributed by atoms with Crippen molar-refractivity contribution in [3.05, 3.63) is 94.8 Å². The Kier molecular flexibility index (Phi) is 10.4. The molecule has 4 rings (SSSR count). The highest BCUT2D eigenvalue weighted by Gasteiger charge is 2.24. The lowest BCUT2D eigenvalue weighted by molar-refractivity contribution is 0.308. The Bertz CT molecular complexity index is 1210. The number of aryl methyl sites for hydroxylation is 1. The zero-order valence-electron chi connectivity index (χ0n) is 22.9. The minimum absolute atomic E-state index is 0.0281. The normalized spacial score (nSPS) is 17.7. The Morgan fingerprint density at radius 1 is 0.838 bits per heavy atom. The van der Waals surface area contributed by atoms with Gasteiger partial charge in [0.05, 0.1) is 0 Å². The third-order valence-corrected chi connectivity index (χ3v) is 8.12. The maximum atomic E-state index is 15.5. The second-order valence-corrected chi connectivity index (χ2v) is 10.9. The summed E-state index contributed by atoms with van der Waals surface area (Å²) in [5, 5.41) is 1.66. The van der Waals surface area contributed by atoms with Crippen LogP contribution in [0, 0.1) is 23.6 Å². The smallest absolute Gasteiger partial charge is 0.134 e. The molecule has 0 aliphatic heterocycles. The molecule has 0 amide bonds. The van der Waals surface area contributed by atoms with Gasteiger partial charge in [0, 0.05) is 16.5 Å². The van der Waals surface area contributed by atoms with Crippen molar-refractivity contribution in [1.82, 2.24) is 0 Å². The molecule has 0 saturated heterocycles. The molecule has 0 N–H and O–H groups in total. The van der Waals surface area contributed by atoms with E-state index in [0.717, 1.165) is 52.6 Å². The lowest BCUT2D eigenvalue weighted by Crippen LogP contribution is -2.14. The molecule has 3 aromatic rings. The van der Waals surface area contributed by atoms with Crippen molar-refractivity contribution in [3.63, 3.8) is 0 Å². The highest BCUT2D eigenvalue weighted by molar-refractivity contribution is 5.85. The molecular weight excluding hydrogens is 451 g/mol. The van der Waals surface area contributed by atoms with E-state index in [1.54, 1.807) is 0 Å². The maximum Gasteiger partial charge on any atom is 0.134 e. The van der Waals surface area contributed by atoms with Gasteiger partial charge in [-0.05, 0) is 111 Å². The van der Waals surface area contributed by atoms with Crippen LogP contribution in [-0.2, 0) is 6.42 Å². The number of allylic oxidation sites excluding steroid dienone is 2. The number of benzene rings is 3. The second kappa shape index (κ2) is 14.2. The van der Waals surface area contributed by atoms with Crippen molar-refractivity contribution in [3.8, 4) is 11.8 Å². The first-order chi connectivity index (χ1) is 18.2. The van der Waals surface area contributed by atoms with E-state index >= 15 is 4.39 Å². The summed E-state index contributed by atoms with van der Waals surface area (Å²) in [7, 11) is 0. The predicted molar refractivity (Wildman–Crippen MR) is 158 cm³/mol. The molecule has 0 radical (unpaired) electrons. The van der Waals surface area contributed by atoms with E-state index in [4.69, 9.17) is 0 Å². The summed E-state index contributed by atoms with van der Waals surface area (Å²) in [5.74, 6) is 7.69. The molecule has 0 atom stereocenters. The van der Waals surface area contributed by atoms with Crippen molar-refractivity contribution in [1.29, 1.82) is 0 Å². The topological polar surface area (TPSA) is 0 Å². The molecule has 37 heavy (non-hydrogen) atoms. The average Bonchev–Trinajstić information content (AvgIpc) is 2.93. The monoisotopic (exact) mass is 494 g/mol. The minimum Gasteiger partial charge on any atom is -0.206 e. The SMILES string of the molecule is C/C=C/CCC1CCC(c2ccc3cc(C#Cc4ccc(CCCCCCC)cc4)ccc3c2F)CC1. The van der Waals surface area contributed by atoms with Crippen LogP contribution in [0.25, 0.3) is 10.8 Å². The van der Waals surface area contributed by atoms with E-state index in [0.29, 0.717) is 5.92 Å². The molecule has 1 saturated carbocycles. The van der Waals surface area contributed by atoms with Crippen LogP contribution in [0.3, 0.4) is 0 Å². The standard InChI is InChI=1S/C36H43F/c1-3-5-7-8-10-12-28-13-15-30(16-14-28)17-18-31-21-25-35-33(27-31)24-26-34(36(35)37)32-22-19-29(20-23-32)11-9-6-4-2/h4,6,13-16,21,24-27,29,32H,3,5,7-12,19-20,22-23H2,1-2H3/b6-4+. The summed E-state index contributed by atoms with van der Waals surface area (Å²) in [4.78, 5) is 0. The molecule has 1 fully saturated rings. The van der Waals surface area contributed by atoms with Gasteiger partial charge in [-0.15, -0.1) is 0 Å². The third kappa shape index (κ3) is 7.82. The van der Waals surface area contributed by atoms with Crippen LogP contribution in [0.1, 0.15) is 113 Å². The zero-order valence-corrected chi connectivity index (χ0v) is 22.9. The van der Waals surface area contributed by atoms with Gasteiger partial charge in [0.2, 0.25) is 0 Å². The lowest BCUT2D eigenvalue weighted by atomic mass is 9.76. The Morgan fingerprint density at radius 2 is 1.57 bits per heavy atom. The van der Waals surface area contributed by atoms with Crippen LogP contribution < -0.4 is 0 Å². The summed E-state index contributed by atoms with van der Waals surface area (Å²) < 4.78 is 15.5. The number of fused-ring (bicyclic) bond motifs is 1. The summed E-state index contributed by atoms with van der Waals surface area (Å²) in [5.41, 5.74) is 4.25. The first kappa shape index (κ1) is 27.2. The van der Waals surface area contributed by atoms with Crippen molar-refractivity contribution < 1.29 is 4.39 Å². The Balaban J connectivity index is 1.37. The van der Waals surface area contributed by atoms with Gasteiger partial charge in [-0.2, -0.15) is 0 Å². The second-order valence-electron chi connectivity index (χ2n) is 10.9. The minimum atomic E-state index is -0.0281. The highest BCUT2D eigenvalue weighted by Crippen LogP contribution is 2.39. The van der Waals surface area contributed by atoms with E-state index in [9.17, 15) is 0 Å². The molecule has 0 heterocycles. The first-order valence-corrected chi connectivity index (χ1v) is 14.6. The molecule has 1 aliphatic rings. The molecular formula is C36H43F. The summed E-state index contributed by atoms with van der Waals surface area (Å²) >= 11 is 0. The maximum absolute atomic E-state index is 15.5. The number of rotatable bonds is 10. The number of unbranched alkanes of at least 4 members (excludes halogenated alkanes) is 4. The highest BCUT2D eigenvalue weighted by atomic mass is 19.1. The largest absolute Gasteiger partial charge is 0.206 e. The molecule has 3 aromatic carbocycles. The van der Waals surface area contributed by atoms with E-state index in [1.807, 2.05) is 24.3 Å². The number of hydrogen-bond acceptors (Lipinski definition) is 0. The van der Waals surface area contributed by atoms with Crippen LogP contribution in [-0.4, -0.2) is 0 Å². The Hall–Kier alpha value is -2.85. The van der Waals surface area contributed by atoms with E-state index in [1.165, 1.54) is 63.4 Å². The van der Waals surface area contributed by atoms with Crippen LogP contribution in [0.15, 0.2) is 66.7 Å². The molecule has 0 aromatic heterocycles. The summed E-state index contributed by atoms with van der Waals surface area (Å²) in [6.07, 6.45) is 19.2. The van der Waals surface area contributed by atoms with Gasteiger partial charge in [-0.3, -0.25) is 0 Å². The predicted octanol–water partition coefficient (Wildman–Crippen LogP) is 10.5. The molecule has 0 spiro atoms. The van der Waals surface area contributed by atoms with Gasteiger partial charge in [0.25, 0.3) is 0 Å². The van der Waals surface area contributed by atoms with Crippen molar-refractivity contribution in [2.24, 2.45) is 5.92 Å². The lowest BCUT2D eigenvalue weighted by Gasteiger charge is -2.29. The molecule has 194 valence electrons. The fourth-order valence-electron chi connectivity index (χ4n) is 5.79. The number of halogens is 1. The van der Waals surface area contributed by atoms with Gasteiger partial charge in [0.15, 0.2) is 0 Å². The molecule has 0 bridgehead atoms. The van der Waals surface area contributed by atoms with Gasteiger partial charge >= 0.3 is 0 Å². The van der Waals surface area contributed by atoms with Crippen LogP contribution in [0.4, 0.5) is 4.39 Å². The fourth-order valence-corrected chi connectivity index (χ4v) is 5.79. The van der Waals surface area contributed by atoms with Crippen LogP contribution in [0.5, 0.6) is 0 Å². The van der Waals surface area contributed by atoms with E-state index in [-0.39, 0.29) is 5.82 Å². The van der Waals surface area contributed by atoms with E-state index < -0.39 is 0 Å². The third-order valence-electron chi connectivity index (χ3n) is 8.12. The quantitative estimate of drug-likeness (QED) is 0.149. The molecule has 0 nitrogen and oxygen atoms in total. The van der Waals surface area contributed by atoms with Crippen molar-refractivity contribution >= 4 is 10.8 Å². The summed E-state index contributed by atoms with van der Waals surface area (Å²) in [6.45, 7) is 4.34. The van der Waals surface area contributed by atoms with Crippen molar-refractivity contribution in [2.75, 3.05) is 0 Å². The average molecular weight is 495 g/mol. The fraction of sp³-hybridized carbons (Fsp3) is 0.444. The summed E-state index contributed by atoms with van der Waals surface area (Å²) in [6, 6.07) is 18.7. The first-order valence-electron chi connectivity index (χ1n) is 14.6. The Morgan fingerprint density at radius 3 is 2.32 bits per heavy atom. The Labute approximate surface area is 224 Å². The molecule has 1 heteroatoms. The van der Waals surface area contributed by atoms with Gasteiger partial charge in [-0.25, -0.2) is 4.39 Å². The van der Waals surface area contributed by atoms with Gasteiger partial charge in [0.1, 0.15) is 5.82 Å². The zero-order chi connectivity index (χ0) is 25.9. The van der Waals surface area contributed by atoms with Gasteiger partial charge in [-0.1, -0.05) is 86.9 Å². The van der Waals surface area contributed by atoms with Gasteiger partial charge < -0.3 is 0 Å². The van der Waals surface area contributed by atoms with Crippen LogP contribution >= 0.6 is 0 Å².